The molecule has 2 rings (SSSR count). The first-order valence-electron chi connectivity index (χ1n) is 6.09. The molecule has 0 radical (unpaired) electrons. The predicted molar refractivity (Wildman–Crippen MR) is 89.5 cm³/mol. The second kappa shape index (κ2) is 7.16. The molecule has 0 fully saturated rings. The average Bonchev–Trinajstić information content (AvgIpc) is 2.44. The summed E-state index contributed by atoms with van der Waals surface area (Å²) in [7, 11) is 0. The molecule has 0 aliphatic rings. The van der Waals surface area contributed by atoms with Gasteiger partial charge in [-0.1, -0.05) is 45.2 Å². The molecule has 2 aromatic carbocycles. The molecule has 1 amide bonds. The van der Waals surface area contributed by atoms with Crippen LogP contribution < -0.4 is 10.1 Å². The van der Waals surface area contributed by atoms with E-state index in [1.54, 1.807) is 18.2 Å². The molecule has 0 saturated carbocycles. The minimum atomic E-state index is -0.253. The largest absolute Gasteiger partial charge is 0.484 e. The number of benzene rings is 2. The van der Waals surface area contributed by atoms with E-state index in [1.807, 2.05) is 25.1 Å². The zero-order chi connectivity index (χ0) is 15.4. The standard InChI is InChI=1S/C15H12BrCl2NO2/c1-9-2-3-10(6-12(9)16)19-15(20)8-21-11-4-5-13(17)14(18)7-11/h2-7H,8H2,1H3,(H,19,20). The lowest BCUT2D eigenvalue weighted by atomic mass is 10.2. The van der Waals surface area contributed by atoms with E-state index in [4.69, 9.17) is 27.9 Å². The minimum absolute atomic E-state index is 0.108. The Kier molecular flexibility index (Phi) is 5.51. The number of hydrogen-bond acceptors (Lipinski definition) is 2. The Morgan fingerprint density at radius 3 is 2.62 bits per heavy atom. The van der Waals surface area contributed by atoms with Crippen LogP contribution >= 0.6 is 39.1 Å². The lowest BCUT2D eigenvalue weighted by Gasteiger charge is -2.09. The maximum absolute atomic E-state index is 11.8. The second-order valence-corrected chi connectivity index (χ2v) is 6.05. The number of hydrogen-bond donors (Lipinski definition) is 1. The highest BCUT2D eigenvalue weighted by atomic mass is 79.9. The molecule has 0 aromatic heterocycles. The number of anilines is 1. The molecule has 0 heterocycles. The van der Waals surface area contributed by atoms with Crippen molar-refractivity contribution in [1.82, 2.24) is 0 Å². The van der Waals surface area contributed by atoms with Crippen LogP contribution in [0, 0.1) is 6.92 Å². The van der Waals surface area contributed by atoms with Crippen LogP contribution in [0.3, 0.4) is 0 Å². The summed E-state index contributed by atoms with van der Waals surface area (Å²) in [5.74, 6) is 0.237. The van der Waals surface area contributed by atoms with Gasteiger partial charge in [-0.15, -0.1) is 0 Å². The molecule has 21 heavy (non-hydrogen) atoms. The fourth-order valence-electron chi connectivity index (χ4n) is 1.58. The molecule has 1 N–H and O–H groups in total. The molecule has 110 valence electrons. The Hall–Kier alpha value is -1.23. The summed E-state index contributed by atoms with van der Waals surface area (Å²) < 4.78 is 6.30. The summed E-state index contributed by atoms with van der Waals surface area (Å²) in [6, 6.07) is 10.4. The van der Waals surface area contributed by atoms with E-state index in [9.17, 15) is 4.79 Å². The van der Waals surface area contributed by atoms with Crippen molar-refractivity contribution < 1.29 is 9.53 Å². The van der Waals surface area contributed by atoms with Crippen molar-refractivity contribution >= 4 is 50.7 Å². The molecule has 6 heteroatoms. The summed E-state index contributed by atoms with van der Waals surface area (Å²) in [5, 5.41) is 3.58. The second-order valence-electron chi connectivity index (χ2n) is 4.38. The summed E-state index contributed by atoms with van der Waals surface area (Å²) in [6.07, 6.45) is 0. The van der Waals surface area contributed by atoms with Gasteiger partial charge < -0.3 is 10.1 Å². The van der Waals surface area contributed by atoms with Gasteiger partial charge in [0.15, 0.2) is 6.61 Å². The topological polar surface area (TPSA) is 38.3 Å². The smallest absolute Gasteiger partial charge is 0.262 e. The third-order valence-electron chi connectivity index (χ3n) is 2.72. The fourth-order valence-corrected chi connectivity index (χ4v) is 2.25. The van der Waals surface area contributed by atoms with Crippen LogP contribution in [0.2, 0.25) is 10.0 Å². The first-order valence-corrected chi connectivity index (χ1v) is 7.64. The summed E-state index contributed by atoms with van der Waals surface area (Å²) in [5.41, 5.74) is 1.80. The first kappa shape index (κ1) is 16.1. The van der Waals surface area contributed by atoms with Gasteiger partial charge in [-0.05, 0) is 36.8 Å². The Morgan fingerprint density at radius 1 is 1.19 bits per heavy atom. The predicted octanol–water partition coefficient (Wildman–Crippen LogP) is 5.08. The van der Waals surface area contributed by atoms with Crippen molar-refractivity contribution in [3.05, 3.63) is 56.5 Å². The summed E-state index contributed by atoms with van der Waals surface area (Å²) >= 11 is 15.1. The van der Waals surface area contributed by atoms with Crippen molar-refractivity contribution in [2.75, 3.05) is 11.9 Å². The third-order valence-corrected chi connectivity index (χ3v) is 4.31. The molecule has 0 atom stereocenters. The number of carbonyl (C=O) groups excluding carboxylic acids is 1. The van der Waals surface area contributed by atoms with Crippen LogP contribution in [-0.2, 0) is 4.79 Å². The molecule has 0 aliphatic heterocycles. The van der Waals surface area contributed by atoms with Crippen LogP contribution in [-0.4, -0.2) is 12.5 Å². The molecule has 0 spiro atoms. The zero-order valence-corrected chi connectivity index (χ0v) is 14.2. The third kappa shape index (κ3) is 4.63. The van der Waals surface area contributed by atoms with Crippen LogP contribution in [0.25, 0.3) is 0 Å². The van der Waals surface area contributed by atoms with Gasteiger partial charge in [0, 0.05) is 16.2 Å². The Labute approximate surface area is 141 Å². The van der Waals surface area contributed by atoms with E-state index < -0.39 is 0 Å². The van der Waals surface area contributed by atoms with Gasteiger partial charge >= 0.3 is 0 Å². The lowest BCUT2D eigenvalue weighted by Crippen LogP contribution is -2.20. The summed E-state index contributed by atoms with van der Waals surface area (Å²) in [6.45, 7) is 1.87. The zero-order valence-electron chi connectivity index (χ0n) is 11.1. The van der Waals surface area contributed by atoms with E-state index in [-0.39, 0.29) is 12.5 Å². The highest BCUT2D eigenvalue weighted by Crippen LogP contribution is 2.26. The van der Waals surface area contributed by atoms with E-state index in [1.165, 1.54) is 0 Å². The number of halogens is 3. The average molecular weight is 389 g/mol. The number of nitrogens with one attached hydrogen (secondary N) is 1. The molecule has 0 unspecified atom stereocenters. The number of carbonyl (C=O) groups is 1. The van der Waals surface area contributed by atoms with Crippen LogP contribution in [0.4, 0.5) is 5.69 Å². The van der Waals surface area contributed by atoms with Gasteiger partial charge in [-0.25, -0.2) is 0 Å². The fraction of sp³-hybridized carbons (Fsp3) is 0.133. The van der Waals surface area contributed by atoms with Gasteiger partial charge in [0.25, 0.3) is 5.91 Å². The molecule has 0 bridgehead atoms. The van der Waals surface area contributed by atoms with E-state index >= 15 is 0 Å². The SMILES string of the molecule is Cc1ccc(NC(=O)COc2ccc(Cl)c(Cl)c2)cc1Br. The lowest BCUT2D eigenvalue weighted by molar-refractivity contribution is -0.118. The van der Waals surface area contributed by atoms with Crippen molar-refractivity contribution in [2.24, 2.45) is 0 Å². The van der Waals surface area contributed by atoms with Crippen LogP contribution in [0.15, 0.2) is 40.9 Å². The van der Waals surface area contributed by atoms with Crippen molar-refractivity contribution in [3.63, 3.8) is 0 Å². The van der Waals surface area contributed by atoms with Crippen molar-refractivity contribution in [1.29, 1.82) is 0 Å². The number of aryl methyl sites for hydroxylation is 1. The molecule has 2 aromatic rings. The van der Waals surface area contributed by atoms with Crippen molar-refractivity contribution in [2.45, 2.75) is 6.92 Å². The normalized spacial score (nSPS) is 10.3. The number of amides is 1. The molecule has 0 aliphatic carbocycles. The van der Waals surface area contributed by atoms with Gasteiger partial charge in [0.1, 0.15) is 5.75 Å². The molecule has 3 nitrogen and oxygen atoms in total. The van der Waals surface area contributed by atoms with E-state index in [2.05, 4.69) is 21.2 Å². The highest BCUT2D eigenvalue weighted by Gasteiger charge is 2.06. The monoisotopic (exact) mass is 387 g/mol. The van der Waals surface area contributed by atoms with Gasteiger partial charge in [-0.3, -0.25) is 4.79 Å². The van der Waals surface area contributed by atoms with Gasteiger partial charge in [0.2, 0.25) is 0 Å². The maximum atomic E-state index is 11.8. The molecule has 0 saturated heterocycles. The number of ether oxygens (including phenoxy) is 1. The minimum Gasteiger partial charge on any atom is -0.484 e. The number of rotatable bonds is 4. The van der Waals surface area contributed by atoms with Gasteiger partial charge in [-0.2, -0.15) is 0 Å². The van der Waals surface area contributed by atoms with Crippen molar-refractivity contribution in [3.8, 4) is 5.75 Å². The van der Waals surface area contributed by atoms with Gasteiger partial charge in [0.05, 0.1) is 10.0 Å². The Bertz CT molecular complexity index is 677. The molecular weight excluding hydrogens is 377 g/mol. The maximum Gasteiger partial charge on any atom is 0.262 e. The van der Waals surface area contributed by atoms with Crippen LogP contribution in [0.5, 0.6) is 5.75 Å². The van der Waals surface area contributed by atoms with Crippen LogP contribution in [0.1, 0.15) is 5.56 Å². The highest BCUT2D eigenvalue weighted by molar-refractivity contribution is 9.10. The Balaban J connectivity index is 1.92. The van der Waals surface area contributed by atoms with E-state index in [0.29, 0.717) is 21.5 Å². The molecular formula is C15H12BrCl2NO2. The Morgan fingerprint density at radius 2 is 1.95 bits per heavy atom. The van der Waals surface area contributed by atoms with E-state index in [0.717, 1.165) is 10.0 Å². The summed E-state index contributed by atoms with van der Waals surface area (Å²) in [4.78, 5) is 11.8. The quantitative estimate of drug-likeness (QED) is 0.792. The first-order chi connectivity index (χ1) is 9.95.